The molecule has 0 unspecified atom stereocenters. The molecule has 9 heteroatoms. The maximum absolute atomic E-state index is 13.1. The van der Waals surface area contributed by atoms with E-state index in [4.69, 9.17) is 27.9 Å². The highest BCUT2D eigenvalue weighted by molar-refractivity contribution is 6.43. The first-order valence-corrected chi connectivity index (χ1v) is 11.2. The molecule has 0 amide bonds. The third kappa shape index (κ3) is 5.41. The molecule has 1 saturated heterocycles. The van der Waals surface area contributed by atoms with Crippen LogP contribution in [0.2, 0.25) is 10.0 Å². The van der Waals surface area contributed by atoms with E-state index < -0.39 is 0 Å². The van der Waals surface area contributed by atoms with Gasteiger partial charge in [0.2, 0.25) is 5.88 Å². The van der Waals surface area contributed by atoms with Crippen LogP contribution in [0.15, 0.2) is 59.4 Å². The lowest BCUT2D eigenvalue weighted by Gasteiger charge is -2.36. The van der Waals surface area contributed by atoms with Crippen molar-refractivity contribution in [3.63, 3.8) is 0 Å². The Bertz CT molecular complexity index is 1120. The van der Waals surface area contributed by atoms with Gasteiger partial charge >= 0.3 is 0 Å². The first kappa shape index (κ1) is 22.6. The third-order valence-corrected chi connectivity index (χ3v) is 6.17. The van der Waals surface area contributed by atoms with Crippen LogP contribution >= 0.6 is 23.2 Å². The summed E-state index contributed by atoms with van der Waals surface area (Å²) in [6.07, 6.45) is 0.829. The summed E-state index contributed by atoms with van der Waals surface area (Å²) in [7, 11) is 0. The van der Waals surface area contributed by atoms with Crippen LogP contribution < -0.4 is 15.2 Å². The van der Waals surface area contributed by atoms with Crippen molar-refractivity contribution < 1.29 is 9.13 Å². The van der Waals surface area contributed by atoms with Crippen LogP contribution in [0.4, 0.5) is 10.1 Å². The van der Waals surface area contributed by atoms with Crippen LogP contribution in [-0.4, -0.2) is 54.0 Å². The van der Waals surface area contributed by atoms with Crippen LogP contribution in [0.5, 0.6) is 5.88 Å². The van der Waals surface area contributed by atoms with Crippen LogP contribution in [0.1, 0.15) is 6.42 Å². The van der Waals surface area contributed by atoms with Crippen molar-refractivity contribution in [2.45, 2.75) is 6.42 Å². The Balaban J connectivity index is 1.25. The number of aromatic nitrogens is 2. The van der Waals surface area contributed by atoms with E-state index in [2.05, 4.69) is 14.9 Å². The minimum absolute atomic E-state index is 0.304. The number of hydrogen-bond donors (Lipinski definition) is 0. The summed E-state index contributed by atoms with van der Waals surface area (Å²) in [6, 6.07) is 14.2. The van der Waals surface area contributed by atoms with Gasteiger partial charge in [-0.2, -0.15) is 4.68 Å². The molecule has 4 rings (SSSR count). The Morgan fingerprint density at radius 3 is 2.47 bits per heavy atom. The van der Waals surface area contributed by atoms with Gasteiger partial charge in [-0.15, -0.1) is 5.10 Å². The summed E-state index contributed by atoms with van der Waals surface area (Å²) >= 11 is 12.5. The Morgan fingerprint density at radius 2 is 1.72 bits per heavy atom. The average Bonchev–Trinajstić information content (AvgIpc) is 2.81. The van der Waals surface area contributed by atoms with Gasteiger partial charge in [0.25, 0.3) is 5.56 Å². The second-order valence-electron chi connectivity index (χ2n) is 7.50. The predicted molar refractivity (Wildman–Crippen MR) is 125 cm³/mol. The third-order valence-electron chi connectivity index (χ3n) is 5.36. The molecule has 32 heavy (non-hydrogen) atoms. The Kier molecular flexibility index (Phi) is 7.29. The van der Waals surface area contributed by atoms with E-state index in [1.165, 1.54) is 35.0 Å². The van der Waals surface area contributed by atoms with E-state index in [0.29, 0.717) is 28.2 Å². The number of nitrogens with zero attached hydrogens (tertiary/aromatic N) is 4. The van der Waals surface area contributed by atoms with Gasteiger partial charge in [-0.25, -0.2) is 4.39 Å². The standard InChI is InChI=1S/C23H23Cl2FN4O2/c24-19-3-1-4-20(23(19)25)29-14-12-28(13-15-29)11-2-16-32-21-9-10-22(31)30(27-21)18-7-5-17(26)6-8-18/h1,3-10H,2,11-16H2. The largest absolute Gasteiger partial charge is 0.477 e. The number of rotatable bonds is 7. The molecule has 0 bridgehead atoms. The van der Waals surface area contributed by atoms with Crippen molar-refractivity contribution in [3.05, 3.63) is 80.8 Å². The highest BCUT2D eigenvalue weighted by atomic mass is 35.5. The average molecular weight is 477 g/mol. The Labute approximate surface area is 195 Å². The molecule has 3 aromatic rings. The molecular weight excluding hydrogens is 454 g/mol. The van der Waals surface area contributed by atoms with Gasteiger partial charge in [-0.05, 0) is 42.8 Å². The summed E-state index contributed by atoms with van der Waals surface area (Å²) in [5, 5.41) is 5.41. The Hall–Kier alpha value is -2.61. The van der Waals surface area contributed by atoms with Gasteiger partial charge in [0.15, 0.2) is 0 Å². The van der Waals surface area contributed by atoms with Gasteiger partial charge < -0.3 is 9.64 Å². The number of ether oxygens (including phenoxy) is 1. The highest BCUT2D eigenvalue weighted by Crippen LogP contribution is 2.32. The second kappa shape index (κ2) is 10.3. The molecule has 0 atom stereocenters. The van der Waals surface area contributed by atoms with E-state index in [1.807, 2.05) is 12.1 Å². The van der Waals surface area contributed by atoms with E-state index in [1.54, 1.807) is 12.1 Å². The minimum atomic E-state index is -0.370. The zero-order chi connectivity index (χ0) is 22.5. The number of benzene rings is 2. The van der Waals surface area contributed by atoms with Crippen LogP contribution in [0.3, 0.4) is 0 Å². The molecule has 0 saturated carbocycles. The number of piperazine rings is 1. The normalized spacial score (nSPS) is 14.5. The number of hydrogen-bond acceptors (Lipinski definition) is 5. The lowest BCUT2D eigenvalue weighted by Crippen LogP contribution is -2.46. The van der Waals surface area contributed by atoms with Crippen molar-refractivity contribution in [1.82, 2.24) is 14.7 Å². The van der Waals surface area contributed by atoms with Crippen molar-refractivity contribution in [2.75, 3.05) is 44.2 Å². The second-order valence-corrected chi connectivity index (χ2v) is 8.29. The monoisotopic (exact) mass is 476 g/mol. The zero-order valence-electron chi connectivity index (χ0n) is 17.4. The zero-order valence-corrected chi connectivity index (χ0v) is 18.9. The van der Waals surface area contributed by atoms with Crippen LogP contribution in [-0.2, 0) is 0 Å². The summed E-state index contributed by atoms with van der Waals surface area (Å²) in [5.74, 6) is -0.0138. The van der Waals surface area contributed by atoms with Gasteiger partial charge in [-0.1, -0.05) is 29.3 Å². The summed E-state index contributed by atoms with van der Waals surface area (Å²) in [6.45, 7) is 4.99. The summed E-state index contributed by atoms with van der Waals surface area (Å²) in [4.78, 5) is 16.7. The molecule has 0 radical (unpaired) electrons. The smallest absolute Gasteiger partial charge is 0.271 e. The first-order valence-electron chi connectivity index (χ1n) is 10.4. The predicted octanol–water partition coefficient (Wildman–Crippen LogP) is 4.27. The van der Waals surface area contributed by atoms with E-state index >= 15 is 0 Å². The molecule has 2 heterocycles. The van der Waals surface area contributed by atoms with Gasteiger partial charge in [0.05, 0.1) is 28.0 Å². The lowest BCUT2D eigenvalue weighted by atomic mass is 10.2. The van der Waals surface area contributed by atoms with Gasteiger partial charge in [0, 0.05) is 44.9 Å². The quantitative estimate of drug-likeness (QED) is 0.476. The molecule has 168 valence electrons. The maximum atomic E-state index is 13.1. The van der Waals surface area contributed by atoms with E-state index in [9.17, 15) is 9.18 Å². The lowest BCUT2D eigenvalue weighted by molar-refractivity contribution is 0.220. The molecule has 1 aromatic heterocycles. The molecule has 1 aliphatic rings. The highest BCUT2D eigenvalue weighted by Gasteiger charge is 2.19. The first-order chi connectivity index (χ1) is 15.5. The number of halogens is 3. The van der Waals surface area contributed by atoms with Crippen LogP contribution in [0.25, 0.3) is 5.69 Å². The molecule has 1 fully saturated rings. The topological polar surface area (TPSA) is 50.6 Å². The molecular formula is C23H23Cl2FN4O2. The van der Waals surface area contributed by atoms with E-state index in [-0.39, 0.29) is 11.4 Å². The molecule has 6 nitrogen and oxygen atoms in total. The fourth-order valence-electron chi connectivity index (χ4n) is 3.65. The molecule has 0 spiro atoms. The fraction of sp³-hybridized carbons (Fsp3) is 0.304. The minimum Gasteiger partial charge on any atom is -0.477 e. The maximum Gasteiger partial charge on any atom is 0.271 e. The number of anilines is 1. The fourth-order valence-corrected chi connectivity index (χ4v) is 4.07. The van der Waals surface area contributed by atoms with Crippen molar-refractivity contribution in [2.24, 2.45) is 0 Å². The summed E-state index contributed by atoms with van der Waals surface area (Å²) in [5.41, 5.74) is 1.16. The molecule has 2 aromatic carbocycles. The molecule has 0 N–H and O–H groups in total. The molecule has 1 aliphatic heterocycles. The SMILES string of the molecule is O=c1ccc(OCCCN2CCN(c3cccc(Cl)c3Cl)CC2)nn1-c1ccc(F)cc1. The summed E-state index contributed by atoms with van der Waals surface area (Å²) < 4.78 is 20.1. The van der Waals surface area contributed by atoms with E-state index in [0.717, 1.165) is 44.8 Å². The Morgan fingerprint density at radius 1 is 0.969 bits per heavy atom. The van der Waals surface area contributed by atoms with Crippen molar-refractivity contribution in [1.29, 1.82) is 0 Å². The van der Waals surface area contributed by atoms with Crippen molar-refractivity contribution >= 4 is 28.9 Å². The van der Waals surface area contributed by atoms with Crippen molar-refractivity contribution in [3.8, 4) is 11.6 Å². The van der Waals surface area contributed by atoms with Gasteiger partial charge in [0.1, 0.15) is 5.82 Å². The van der Waals surface area contributed by atoms with Gasteiger partial charge in [-0.3, -0.25) is 9.69 Å². The molecule has 0 aliphatic carbocycles. The van der Waals surface area contributed by atoms with Crippen LogP contribution in [0, 0.1) is 5.82 Å².